The highest BCUT2D eigenvalue weighted by molar-refractivity contribution is 8.00. The third-order valence-corrected chi connectivity index (χ3v) is 3.75. The molecule has 0 atom stereocenters. The van der Waals surface area contributed by atoms with Crippen LogP contribution in [0.15, 0.2) is 23.1 Å². The molecule has 0 saturated heterocycles. The molecular formula is C12H14ClF2N3O2S. The van der Waals surface area contributed by atoms with Crippen molar-refractivity contribution in [2.75, 3.05) is 24.2 Å². The van der Waals surface area contributed by atoms with Crippen molar-refractivity contribution < 1.29 is 18.4 Å². The predicted molar refractivity (Wildman–Crippen MR) is 79.4 cm³/mol. The molecule has 1 heterocycles. The van der Waals surface area contributed by atoms with Gasteiger partial charge < -0.3 is 16.4 Å². The van der Waals surface area contributed by atoms with Gasteiger partial charge in [-0.1, -0.05) is 0 Å². The Labute approximate surface area is 130 Å². The van der Waals surface area contributed by atoms with Gasteiger partial charge in [-0.15, -0.1) is 24.2 Å². The zero-order valence-electron chi connectivity index (χ0n) is 10.8. The average molecular weight is 338 g/mol. The van der Waals surface area contributed by atoms with E-state index in [4.69, 9.17) is 5.73 Å². The summed E-state index contributed by atoms with van der Waals surface area (Å²) in [5.74, 6) is -3.60. The van der Waals surface area contributed by atoms with Gasteiger partial charge in [-0.3, -0.25) is 9.59 Å². The SMILES string of the molecule is Cl.NCC(F)(F)CNC(=O)c1ccc2c(c1)NC(=O)CS2. The van der Waals surface area contributed by atoms with Gasteiger partial charge in [-0.2, -0.15) is 0 Å². The molecule has 5 nitrogen and oxygen atoms in total. The van der Waals surface area contributed by atoms with Crippen molar-refractivity contribution in [3.8, 4) is 0 Å². The molecule has 1 aromatic rings. The molecule has 4 N–H and O–H groups in total. The molecule has 9 heteroatoms. The summed E-state index contributed by atoms with van der Waals surface area (Å²) in [6, 6.07) is 4.67. The van der Waals surface area contributed by atoms with Crippen LogP contribution in [0.1, 0.15) is 10.4 Å². The maximum absolute atomic E-state index is 13.0. The Balaban J connectivity index is 0.00000220. The van der Waals surface area contributed by atoms with Gasteiger partial charge in [0.1, 0.15) is 0 Å². The summed E-state index contributed by atoms with van der Waals surface area (Å²) < 4.78 is 25.9. The molecule has 116 valence electrons. The number of alkyl halides is 2. The summed E-state index contributed by atoms with van der Waals surface area (Å²) in [5, 5.41) is 4.75. The average Bonchev–Trinajstić information content (AvgIpc) is 2.44. The van der Waals surface area contributed by atoms with Gasteiger partial charge in [0.2, 0.25) is 5.91 Å². The molecule has 1 aromatic carbocycles. The Morgan fingerprint density at radius 1 is 1.48 bits per heavy atom. The van der Waals surface area contributed by atoms with Crippen LogP contribution in [0.25, 0.3) is 0 Å². The summed E-state index contributed by atoms with van der Waals surface area (Å²) >= 11 is 1.36. The third kappa shape index (κ3) is 4.55. The summed E-state index contributed by atoms with van der Waals surface area (Å²) in [6.07, 6.45) is 0. The molecule has 0 unspecified atom stereocenters. The molecule has 0 bridgehead atoms. The Hall–Kier alpha value is -1.38. The van der Waals surface area contributed by atoms with Gasteiger partial charge in [-0.05, 0) is 18.2 Å². The first-order chi connectivity index (χ1) is 9.41. The number of carbonyl (C=O) groups excluding carboxylic acids is 2. The third-order valence-electron chi connectivity index (χ3n) is 2.68. The second-order valence-electron chi connectivity index (χ2n) is 4.29. The van der Waals surface area contributed by atoms with Gasteiger partial charge in [0.15, 0.2) is 0 Å². The van der Waals surface area contributed by atoms with Crippen molar-refractivity contribution >= 4 is 41.7 Å². The maximum atomic E-state index is 13.0. The van der Waals surface area contributed by atoms with E-state index in [1.165, 1.54) is 23.9 Å². The lowest BCUT2D eigenvalue weighted by molar-refractivity contribution is -0.113. The number of rotatable bonds is 4. The first kappa shape index (κ1) is 17.7. The molecule has 0 spiro atoms. The van der Waals surface area contributed by atoms with Crippen LogP contribution in [0.5, 0.6) is 0 Å². The van der Waals surface area contributed by atoms with Crippen LogP contribution < -0.4 is 16.4 Å². The standard InChI is InChI=1S/C12H13F2N3O2S.ClH/c13-12(14,5-15)6-16-11(19)7-1-2-9-8(3-7)17-10(18)4-20-9;/h1-3H,4-6,15H2,(H,16,19)(H,17,18);1H. The lowest BCUT2D eigenvalue weighted by Crippen LogP contribution is -2.41. The highest BCUT2D eigenvalue weighted by Gasteiger charge is 2.27. The number of hydrogen-bond acceptors (Lipinski definition) is 4. The Morgan fingerprint density at radius 3 is 2.86 bits per heavy atom. The molecule has 0 aromatic heterocycles. The summed E-state index contributed by atoms with van der Waals surface area (Å²) in [4.78, 5) is 23.9. The van der Waals surface area contributed by atoms with Crippen molar-refractivity contribution in [2.45, 2.75) is 10.8 Å². The van der Waals surface area contributed by atoms with Crippen LogP contribution in [0.2, 0.25) is 0 Å². The number of anilines is 1. The van der Waals surface area contributed by atoms with Gasteiger partial charge >= 0.3 is 0 Å². The van der Waals surface area contributed by atoms with Crippen LogP contribution in [-0.4, -0.2) is 36.6 Å². The molecule has 0 radical (unpaired) electrons. The number of amides is 2. The molecule has 1 aliphatic rings. The Kier molecular flexibility index (Phi) is 5.94. The zero-order valence-corrected chi connectivity index (χ0v) is 12.5. The Morgan fingerprint density at radius 2 is 2.19 bits per heavy atom. The molecule has 21 heavy (non-hydrogen) atoms. The topological polar surface area (TPSA) is 84.2 Å². The number of benzene rings is 1. The van der Waals surface area contributed by atoms with E-state index in [0.717, 1.165) is 4.90 Å². The predicted octanol–water partition coefficient (Wildman–Crippen LogP) is 1.48. The quantitative estimate of drug-likeness (QED) is 0.777. The molecule has 2 rings (SSSR count). The minimum Gasteiger partial charge on any atom is -0.346 e. The fraction of sp³-hybridized carbons (Fsp3) is 0.333. The van der Waals surface area contributed by atoms with E-state index < -0.39 is 24.9 Å². The smallest absolute Gasteiger partial charge is 0.277 e. The minimum atomic E-state index is -3.13. The first-order valence-corrected chi connectivity index (χ1v) is 6.83. The lowest BCUT2D eigenvalue weighted by atomic mass is 10.1. The van der Waals surface area contributed by atoms with Crippen molar-refractivity contribution in [3.63, 3.8) is 0 Å². The second-order valence-corrected chi connectivity index (χ2v) is 5.31. The second kappa shape index (κ2) is 7.06. The summed E-state index contributed by atoms with van der Waals surface area (Å²) in [7, 11) is 0. The molecule has 0 aliphatic carbocycles. The molecule has 2 amide bonds. The Bertz CT molecular complexity index is 557. The minimum absolute atomic E-state index is 0. The molecule has 1 aliphatic heterocycles. The molecule has 0 fully saturated rings. The van der Waals surface area contributed by atoms with Crippen molar-refractivity contribution in [3.05, 3.63) is 23.8 Å². The van der Waals surface area contributed by atoms with Gasteiger partial charge in [-0.25, -0.2) is 8.78 Å². The highest BCUT2D eigenvalue weighted by Crippen LogP contribution is 2.31. The van der Waals surface area contributed by atoms with Crippen LogP contribution in [0.4, 0.5) is 14.5 Å². The zero-order chi connectivity index (χ0) is 14.8. The summed E-state index contributed by atoms with van der Waals surface area (Å²) in [5.41, 5.74) is 5.61. The van der Waals surface area contributed by atoms with E-state index in [0.29, 0.717) is 11.4 Å². The van der Waals surface area contributed by atoms with Gasteiger partial charge in [0.05, 0.1) is 24.5 Å². The van der Waals surface area contributed by atoms with E-state index in [1.54, 1.807) is 6.07 Å². The number of fused-ring (bicyclic) bond motifs is 1. The summed E-state index contributed by atoms with van der Waals surface area (Å²) in [6.45, 7) is -1.65. The molecular weight excluding hydrogens is 324 g/mol. The largest absolute Gasteiger partial charge is 0.346 e. The number of halogens is 3. The number of hydrogen-bond donors (Lipinski definition) is 3. The van der Waals surface area contributed by atoms with E-state index in [-0.39, 0.29) is 23.9 Å². The monoisotopic (exact) mass is 337 g/mol. The van der Waals surface area contributed by atoms with E-state index in [1.807, 2.05) is 0 Å². The number of thioether (sulfide) groups is 1. The van der Waals surface area contributed by atoms with Crippen molar-refractivity contribution in [2.24, 2.45) is 5.73 Å². The fourth-order valence-corrected chi connectivity index (χ4v) is 2.40. The molecule has 0 saturated carbocycles. The van der Waals surface area contributed by atoms with Crippen molar-refractivity contribution in [1.29, 1.82) is 0 Å². The van der Waals surface area contributed by atoms with Gasteiger partial charge in [0.25, 0.3) is 11.8 Å². The maximum Gasteiger partial charge on any atom is 0.277 e. The lowest BCUT2D eigenvalue weighted by Gasteiger charge is -2.18. The van der Waals surface area contributed by atoms with Crippen LogP contribution in [0.3, 0.4) is 0 Å². The van der Waals surface area contributed by atoms with Crippen molar-refractivity contribution in [1.82, 2.24) is 5.32 Å². The normalized spacial score (nSPS) is 13.8. The van der Waals surface area contributed by atoms with E-state index >= 15 is 0 Å². The van der Waals surface area contributed by atoms with Crippen LogP contribution in [-0.2, 0) is 4.79 Å². The van der Waals surface area contributed by atoms with Crippen LogP contribution in [0, 0.1) is 0 Å². The van der Waals surface area contributed by atoms with Gasteiger partial charge in [0, 0.05) is 10.5 Å². The number of nitrogens with one attached hydrogen (secondary N) is 2. The number of carbonyl (C=O) groups is 2. The van der Waals surface area contributed by atoms with Crippen LogP contribution >= 0.6 is 24.2 Å². The number of nitrogens with two attached hydrogens (primary N) is 1. The fourth-order valence-electron chi connectivity index (χ4n) is 1.61. The van der Waals surface area contributed by atoms with E-state index in [9.17, 15) is 18.4 Å². The van der Waals surface area contributed by atoms with E-state index in [2.05, 4.69) is 10.6 Å². The first-order valence-electron chi connectivity index (χ1n) is 5.84. The highest BCUT2D eigenvalue weighted by atomic mass is 35.5.